The molecule has 0 radical (unpaired) electrons. The molecule has 0 heterocycles. The van der Waals surface area contributed by atoms with Gasteiger partial charge in [-0.25, -0.2) is 4.79 Å². The summed E-state index contributed by atoms with van der Waals surface area (Å²) in [5, 5.41) is 8.82. The molecule has 0 unspecified atom stereocenters. The van der Waals surface area contributed by atoms with Crippen LogP contribution in [0.15, 0.2) is 48.5 Å². The molecule has 0 bridgehead atoms. The number of carbonyl (C=O) groups is 1. The first-order chi connectivity index (χ1) is 11.6. The highest BCUT2D eigenvalue weighted by molar-refractivity contribution is 5.87. The first-order valence-corrected chi connectivity index (χ1v) is 8.09. The molecule has 0 aliphatic carbocycles. The van der Waals surface area contributed by atoms with Crippen molar-refractivity contribution in [2.45, 2.75) is 25.7 Å². The van der Waals surface area contributed by atoms with Crippen molar-refractivity contribution in [3.8, 4) is 11.5 Å². The van der Waals surface area contributed by atoms with Gasteiger partial charge in [-0.1, -0.05) is 0 Å². The molecule has 0 aliphatic heterocycles. The number of carboxylic acids is 1. The molecule has 5 nitrogen and oxygen atoms in total. The molecular weight excluding hydrogens is 306 g/mol. The van der Waals surface area contributed by atoms with Crippen molar-refractivity contribution < 1.29 is 19.4 Å². The van der Waals surface area contributed by atoms with E-state index in [1.165, 1.54) is 0 Å². The average molecular weight is 329 g/mol. The number of rotatable bonds is 10. The Kier molecular flexibility index (Phi) is 6.95. The van der Waals surface area contributed by atoms with E-state index >= 15 is 0 Å². The van der Waals surface area contributed by atoms with E-state index in [1.807, 2.05) is 24.3 Å². The van der Waals surface area contributed by atoms with Crippen molar-refractivity contribution in [1.82, 2.24) is 0 Å². The van der Waals surface area contributed by atoms with Crippen LogP contribution in [0.2, 0.25) is 0 Å². The van der Waals surface area contributed by atoms with Crippen molar-refractivity contribution in [2.24, 2.45) is 0 Å². The minimum atomic E-state index is -0.928. The molecule has 3 N–H and O–H groups in total. The molecule has 5 heteroatoms. The molecule has 0 saturated carbocycles. The molecule has 0 spiro atoms. The van der Waals surface area contributed by atoms with Gasteiger partial charge in [0.25, 0.3) is 0 Å². The van der Waals surface area contributed by atoms with Crippen LogP contribution in [-0.2, 0) is 0 Å². The molecule has 0 aliphatic rings. The van der Waals surface area contributed by atoms with Crippen LogP contribution in [0.1, 0.15) is 36.0 Å². The fourth-order valence-electron chi connectivity index (χ4n) is 2.20. The number of ether oxygens (including phenoxy) is 2. The predicted octanol–water partition coefficient (Wildman–Crippen LogP) is 3.99. The number of nitrogen functional groups attached to an aromatic ring is 1. The molecule has 0 amide bonds. The van der Waals surface area contributed by atoms with Gasteiger partial charge in [-0.05, 0) is 74.2 Å². The number of nitrogens with two attached hydrogens (primary N) is 1. The summed E-state index contributed by atoms with van der Waals surface area (Å²) in [5.74, 6) is 0.617. The van der Waals surface area contributed by atoms with Crippen molar-refractivity contribution in [3.63, 3.8) is 0 Å². The highest BCUT2D eigenvalue weighted by Gasteiger charge is 2.02. The first-order valence-electron chi connectivity index (χ1n) is 8.09. The average Bonchev–Trinajstić information content (AvgIpc) is 2.59. The Morgan fingerprint density at radius 1 is 0.792 bits per heavy atom. The largest absolute Gasteiger partial charge is 0.494 e. The summed E-state index contributed by atoms with van der Waals surface area (Å²) < 4.78 is 11.2. The summed E-state index contributed by atoms with van der Waals surface area (Å²) in [6.07, 6.45) is 4.11. The van der Waals surface area contributed by atoms with E-state index in [1.54, 1.807) is 24.3 Å². The SMILES string of the molecule is Nc1ccc(OCCCCCCOc2ccc(C(=O)O)cc2)cc1. The molecule has 2 aromatic carbocycles. The second kappa shape index (κ2) is 9.45. The number of hydrogen-bond acceptors (Lipinski definition) is 4. The quantitative estimate of drug-likeness (QED) is 0.509. The lowest BCUT2D eigenvalue weighted by atomic mass is 10.2. The van der Waals surface area contributed by atoms with Crippen LogP contribution >= 0.6 is 0 Å². The molecule has 0 saturated heterocycles. The van der Waals surface area contributed by atoms with E-state index in [2.05, 4.69) is 0 Å². The normalized spacial score (nSPS) is 10.3. The van der Waals surface area contributed by atoms with Gasteiger partial charge in [0.05, 0.1) is 18.8 Å². The topological polar surface area (TPSA) is 81.8 Å². The molecule has 0 atom stereocenters. The van der Waals surface area contributed by atoms with Gasteiger partial charge < -0.3 is 20.3 Å². The number of anilines is 1. The summed E-state index contributed by atoms with van der Waals surface area (Å²) in [5.41, 5.74) is 6.62. The monoisotopic (exact) mass is 329 g/mol. The third-order valence-electron chi connectivity index (χ3n) is 3.56. The van der Waals surface area contributed by atoms with Gasteiger partial charge in [-0.15, -0.1) is 0 Å². The third kappa shape index (κ3) is 6.20. The lowest BCUT2D eigenvalue weighted by Crippen LogP contribution is -2.00. The number of aromatic carboxylic acids is 1. The Morgan fingerprint density at radius 3 is 1.71 bits per heavy atom. The summed E-state index contributed by atoms with van der Waals surface area (Å²) >= 11 is 0. The highest BCUT2D eigenvalue weighted by Crippen LogP contribution is 2.15. The van der Waals surface area contributed by atoms with E-state index in [4.69, 9.17) is 20.3 Å². The lowest BCUT2D eigenvalue weighted by Gasteiger charge is -2.07. The smallest absolute Gasteiger partial charge is 0.335 e. The Bertz CT molecular complexity index is 623. The number of carboxylic acid groups (broad SMARTS) is 1. The molecule has 2 rings (SSSR count). The van der Waals surface area contributed by atoms with Gasteiger partial charge in [0.15, 0.2) is 0 Å². The summed E-state index contributed by atoms with van der Waals surface area (Å²) in [6.45, 7) is 1.33. The van der Waals surface area contributed by atoms with E-state index in [0.717, 1.165) is 37.1 Å². The van der Waals surface area contributed by atoms with Crippen molar-refractivity contribution >= 4 is 11.7 Å². The number of hydrogen-bond donors (Lipinski definition) is 2. The van der Waals surface area contributed by atoms with Crippen LogP contribution in [0.4, 0.5) is 5.69 Å². The molecule has 24 heavy (non-hydrogen) atoms. The standard InChI is InChI=1S/C19H23NO4/c20-16-7-11-18(12-8-16)24-14-4-2-1-3-13-23-17-9-5-15(6-10-17)19(21)22/h5-12H,1-4,13-14,20H2,(H,21,22). The first kappa shape index (κ1) is 17.7. The zero-order chi connectivity index (χ0) is 17.2. The summed E-state index contributed by atoms with van der Waals surface area (Å²) in [4.78, 5) is 10.7. The Hall–Kier alpha value is -2.69. The second-order valence-electron chi connectivity index (χ2n) is 5.51. The zero-order valence-corrected chi connectivity index (χ0v) is 13.6. The maximum Gasteiger partial charge on any atom is 0.335 e. The van der Waals surface area contributed by atoms with Crippen LogP contribution in [0.3, 0.4) is 0 Å². The van der Waals surface area contributed by atoms with Gasteiger partial charge in [-0.2, -0.15) is 0 Å². The van der Waals surface area contributed by atoms with E-state index < -0.39 is 5.97 Å². The Morgan fingerprint density at radius 2 is 1.25 bits per heavy atom. The maximum absolute atomic E-state index is 10.7. The van der Waals surface area contributed by atoms with Crippen LogP contribution in [0, 0.1) is 0 Å². The number of unbranched alkanes of at least 4 members (excludes halogenated alkanes) is 3. The van der Waals surface area contributed by atoms with Crippen molar-refractivity contribution in [3.05, 3.63) is 54.1 Å². The fraction of sp³-hybridized carbons (Fsp3) is 0.316. The second-order valence-corrected chi connectivity index (χ2v) is 5.51. The van der Waals surface area contributed by atoms with Crippen LogP contribution < -0.4 is 15.2 Å². The van der Waals surface area contributed by atoms with Gasteiger partial charge in [0.1, 0.15) is 11.5 Å². The summed E-state index contributed by atoms with van der Waals surface area (Å²) in [7, 11) is 0. The molecule has 2 aromatic rings. The van der Waals surface area contributed by atoms with Gasteiger partial charge in [-0.3, -0.25) is 0 Å². The minimum absolute atomic E-state index is 0.267. The Balaban J connectivity index is 1.50. The Labute approximate surface area is 142 Å². The lowest BCUT2D eigenvalue weighted by molar-refractivity contribution is 0.0697. The predicted molar refractivity (Wildman–Crippen MR) is 93.7 cm³/mol. The van der Waals surface area contributed by atoms with Crippen molar-refractivity contribution in [1.29, 1.82) is 0 Å². The van der Waals surface area contributed by atoms with E-state index in [9.17, 15) is 4.79 Å². The van der Waals surface area contributed by atoms with Gasteiger partial charge in [0.2, 0.25) is 0 Å². The van der Waals surface area contributed by atoms with Crippen molar-refractivity contribution in [2.75, 3.05) is 18.9 Å². The van der Waals surface area contributed by atoms with Crippen LogP contribution in [-0.4, -0.2) is 24.3 Å². The summed E-state index contributed by atoms with van der Waals surface area (Å²) in [6, 6.07) is 13.9. The number of benzene rings is 2. The maximum atomic E-state index is 10.7. The van der Waals surface area contributed by atoms with Gasteiger partial charge in [0, 0.05) is 5.69 Å². The molecular formula is C19H23NO4. The fourth-order valence-corrected chi connectivity index (χ4v) is 2.20. The van der Waals surface area contributed by atoms with Crippen LogP contribution in [0.5, 0.6) is 11.5 Å². The third-order valence-corrected chi connectivity index (χ3v) is 3.56. The van der Waals surface area contributed by atoms with E-state index in [0.29, 0.717) is 19.0 Å². The molecule has 0 aromatic heterocycles. The highest BCUT2D eigenvalue weighted by atomic mass is 16.5. The van der Waals surface area contributed by atoms with Crippen LogP contribution in [0.25, 0.3) is 0 Å². The van der Waals surface area contributed by atoms with Gasteiger partial charge >= 0.3 is 5.97 Å². The molecule has 0 fully saturated rings. The zero-order valence-electron chi connectivity index (χ0n) is 13.6. The van der Waals surface area contributed by atoms with E-state index in [-0.39, 0.29) is 5.56 Å². The molecule has 128 valence electrons. The minimum Gasteiger partial charge on any atom is -0.494 e.